The molecule has 4 aromatic rings. The number of phenols is 1. The molecule has 0 unspecified atom stereocenters. The summed E-state index contributed by atoms with van der Waals surface area (Å²) < 4.78 is 1.85. The molecule has 10 heteroatoms. The summed E-state index contributed by atoms with van der Waals surface area (Å²) in [6.45, 7) is 0. The fourth-order valence-electron chi connectivity index (χ4n) is 2.92. The Bertz CT molecular complexity index is 1290. The number of benzene rings is 3. The number of hydrazone groups is 1. The minimum atomic E-state index is -0.310. The Morgan fingerprint density at radius 1 is 1.03 bits per heavy atom. The van der Waals surface area contributed by atoms with Crippen LogP contribution in [0.1, 0.15) is 5.56 Å². The lowest BCUT2D eigenvalue weighted by Gasteiger charge is -2.10. The van der Waals surface area contributed by atoms with E-state index in [0.717, 1.165) is 11.3 Å². The van der Waals surface area contributed by atoms with Gasteiger partial charge < -0.3 is 5.11 Å². The van der Waals surface area contributed by atoms with Crippen molar-refractivity contribution < 1.29 is 9.90 Å². The van der Waals surface area contributed by atoms with E-state index in [1.165, 1.54) is 24.0 Å². The molecule has 3 aromatic carbocycles. The van der Waals surface area contributed by atoms with Crippen molar-refractivity contribution in [3.05, 3.63) is 88.4 Å². The van der Waals surface area contributed by atoms with Gasteiger partial charge in [0.2, 0.25) is 0 Å². The normalized spacial score (nSPS) is 11.1. The monoisotopic (exact) mass is 497 g/mol. The number of halogens is 2. The SMILES string of the molecule is O=C(CSc1nnc(-c2ccc(Cl)cc2)n1-c1ccc(Cl)cc1)N/N=C\c1cccc(O)c1. The van der Waals surface area contributed by atoms with Gasteiger partial charge in [0.25, 0.3) is 5.91 Å². The molecule has 0 bridgehead atoms. The first-order chi connectivity index (χ1) is 16.0. The van der Waals surface area contributed by atoms with Crippen LogP contribution >= 0.6 is 35.0 Å². The van der Waals surface area contributed by atoms with Crippen LogP contribution in [0.4, 0.5) is 0 Å². The minimum Gasteiger partial charge on any atom is -0.508 e. The zero-order valence-electron chi connectivity index (χ0n) is 17.0. The van der Waals surface area contributed by atoms with Crippen molar-refractivity contribution in [2.75, 3.05) is 5.75 Å². The third-order valence-electron chi connectivity index (χ3n) is 4.43. The second-order valence-electron chi connectivity index (χ2n) is 6.80. The molecule has 1 amide bonds. The van der Waals surface area contributed by atoms with Gasteiger partial charge in [-0.1, -0.05) is 47.1 Å². The number of nitrogens with zero attached hydrogens (tertiary/aromatic N) is 4. The van der Waals surface area contributed by atoms with Crippen molar-refractivity contribution >= 4 is 47.1 Å². The van der Waals surface area contributed by atoms with Crippen molar-refractivity contribution in [1.29, 1.82) is 0 Å². The van der Waals surface area contributed by atoms with Gasteiger partial charge in [-0.25, -0.2) is 5.43 Å². The second-order valence-corrected chi connectivity index (χ2v) is 8.62. The van der Waals surface area contributed by atoms with Crippen molar-refractivity contribution in [2.45, 2.75) is 5.16 Å². The maximum atomic E-state index is 12.3. The van der Waals surface area contributed by atoms with E-state index < -0.39 is 0 Å². The zero-order valence-corrected chi connectivity index (χ0v) is 19.3. The summed E-state index contributed by atoms with van der Waals surface area (Å²) in [5, 5.41) is 23.8. The molecule has 1 aromatic heterocycles. The first-order valence-electron chi connectivity index (χ1n) is 9.70. The Morgan fingerprint density at radius 3 is 2.42 bits per heavy atom. The van der Waals surface area contributed by atoms with Crippen molar-refractivity contribution in [2.24, 2.45) is 5.10 Å². The molecule has 4 rings (SSSR count). The van der Waals surface area contributed by atoms with Crippen LogP contribution in [-0.2, 0) is 4.79 Å². The maximum Gasteiger partial charge on any atom is 0.250 e. The van der Waals surface area contributed by atoms with Gasteiger partial charge in [-0.3, -0.25) is 9.36 Å². The summed E-state index contributed by atoms with van der Waals surface area (Å²) in [5.41, 5.74) is 4.77. The number of rotatable bonds is 7. The van der Waals surface area contributed by atoms with Gasteiger partial charge in [-0.05, 0) is 66.2 Å². The van der Waals surface area contributed by atoms with Crippen LogP contribution in [0.15, 0.2) is 83.1 Å². The fraction of sp³-hybridized carbons (Fsp3) is 0.0435. The summed E-state index contributed by atoms with van der Waals surface area (Å²) in [6, 6.07) is 21.1. The number of hydrogen-bond donors (Lipinski definition) is 2. The average molecular weight is 498 g/mol. The van der Waals surface area contributed by atoms with Crippen LogP contribution in [0.5, 0.6) is 5.75 Å². The molecule has 2 N–H and O–H groups in total. The van der Waals surface area contributed by atoms with Crippen LogP contribution in [-0.4, -0.2) is 37.7 Å². The lowest BCUT2D eigenvalue weighted by molar-refractivity contribution is -0.118. The Labute approximate surface area is 204 Å². The molecule has 0 fully saturated rings. The Kier molecular flexibility index (Phi) is 7.29. The fourth-order valence-corrected chi connectivity index (χ4v) is 3.91. The molecule has 0 aliphatic rings. The quantitative estimate of drug-likeness (QED) is 0.208. The Balaban J connectivity index is 1.51. The van der Waals surface area contributed by atoms with Crippen molar-refractivity contribution in [1.82, 2.24) is 20.2 Å². The molecule has 0 aliphatic carbocycles. The largest absolute Gasteiger partial charge is 0.508 e. The highest BCUT2D eigenvalue weighted by Gasteiger charge is 2.17. The van der Waals surface area contributed by atoms with Gasteiger partial charge in [0.15, 0.2) is 11.0 Å². The topological polar surface area (TPSA) is 92.4 Å². The predicted octanol–water partition coefficient (Wildman–Crippen LogP) is 5.19. The maximum absolute atomic E-state index is 12.3. The molecule has 0 saturated heterocycles. The molecule has 0 radical (unpaired) electrons. The van der Waals surface area contributed by atoms with Crippen LogP contribution in [0.25, 0.3) is 17.1 Å². The van der Waals surface area contributed by atoms with Crippen molar-refractivity contribution in [3.63, 3.8) is 0 Å². The minimum absolute atomic E-state index is 0.0731. The summed E-state index contributed by atoms with van der Waals surface area (Å²) in [7, 11) is 0. The number of aromatic hydroxyl groups is 1. The summed E-state index contributed by atoms with van der Waals surface area (Å²) in [4.78, 5) is 12.3. The molecule has 33 heavy (non-hydrogen) atoms. The van der Waals surface area contributed by atoms with Gasteiger partial charge in [0.05, 0.1) is 12.0 Å². The molecule has 0 aliphatic heterocycles. The van der Waals surface area contributed by atoms with E-state index in [1.54, 1.807) is 42.5 Å². The third-order valence-corrected chi connectivity index (χ3v) is 5.86. The highest BCUT2D eigenvalue weighted by Crippen LogP contribution is 2.29. The number of nitrogens with one attached hydrogen (secondary N) is 1. The molecule has 7 nitrogen and oxygen atoms in total. The molecule has 1 heterocycles. The number of phenolic OH excluding ortho intramolecular Hbond substituents is 1. The third kappa shape index (κ3) is 5.92. The smallest absolute Gasteiger partial charge is 0.250 e. The molecule has 0 atom stereocenters. The number of thioether (sulfide) groups is 1. The lowest BCUT2D eigenvalue weighted by Crippen LogP contribution is -2.20. The van der Waals surface area contributed by atoms with Gasteiger partial charge in [-0.15, -0.1) is 10.2 Å². The summed E-state index contributed by atoms with van der Waals surface area (Å²) in [5.74, 6) is 0.497. The number of carbonyl (C=O) groups excluding carboxylic acids is 1. The van der Waals surface area contributed by atoms with E-state index in [2.05, 4.69) is 20.7 Å². The highest BCUT2D eigenvalue weighted by atomic mass is 35.5. The van der Waals surface area contributed by atoms with Gasteiger partial charge >= 0.3 is 0 Å². The van der Waals surface area contributed by atoms with E-state index in [1.807, 2.05) is 28.8 Å². The van der Waals surface area contributed by atoms with Gasteiger partial charge in [0, 0.05) is 21.3 Å². The molecule has 0 saturated carbocycles. The first kappa shape index (κ1) is 22.8. The van der Waals surface area contributed by atoms with Crippen LogP contribution in [0.3, 0.4) is 0 Å². The zero-order chi connectivity index (χ0) is 23.2. The molecule has 0 spiro atoms. The number of aromatic nitrogens is 3. The standard InChI is InChI=1S/C23H17Cl2N5O2S/c24-17-6-4-16(5-7-17)22-28-29-23(30(22)19-10-8-18(25)9-11-19)33-14-21(32)27-26-13-15-2-1-3-20(31)12-15/h1-13,31H,14H2,(H,27,32)/b26-13-. The van der Waals surface area contributed by atoms with Gasteiger partial charge in [0.1, 0.15) is 5.75 Å². The van der Waals surface area contributed by atoms with E-state index >= 15 is 0 Å². The summed E-state index contributed by atoms with van der Waals surface area (Å²) in [6.07, 6.45) is 1.46. The highest BCUT2D eigenvalue weighted by molar-refractivity contribution is 7.99. The van der Waals surface area contributed by atoms with E-state index in [0.29, 0.717) is 26.6 Å². The van der Waals surface area contributed by atoms with Crippen LogP contribution in [0, 0.1) is 0 Å². The molecular formula is C23H17Cl2N5O2S. The van der Waals surface area contributed by atoms with Crippen LogP contribution < -0.4 is 5.43 Å². The van der Waals surface area contributed by atoms with E-state index in [-0.39, 0.29) is 17.4 Å². The predicted molar refractivity (Wildman–Crippen MR) is 131 cm³/mol. The number of amides is 1. The second kappa shape index (κ2) is 10.5. The van der Waals surface area contributed by atoms with Crippen LogP contribution in [0.2, 0.25) is 10.0 Å². The van der Waals surface area contributed by atoms with Gasteiger partial charge in [-0.2, -0.15) is 5.10 Å². The number of carbonyl (C=O) groups is 1. The van der Waals surface area contributed by atoms with E-state index in [9.17, 15) is 9.90 Å². The first-order valence-corrected chi connectivity index (χ1v) is 11.4. The van der Waals surface area contributed by atoms with E-state index in [4.69, 9.17) is 23.2 Å². The van der Waals surface area contributed by atoms with Crippen molar-refractivity contribution in [3.8, 4) is 22.8 Å². The molecular weight excluding hydrogens is 481 g/mol. The average Bonchev–Trinajstić information content (AvgIpc) is 3.23. The summed E-state index contributed by atoms with van der Waals surface area (Å²) >= 11 is 13.3. The lowest BCUT2D eigenvalue weighted by atomic mass is 10.2. The Morgan fingerprint density at radius 2 is 1.73 bits per heavy atom. The Hall–Kier alpha value is -3.33. The number of hydrogen-bond acceptors (Lipinski definition) is 6. The molecule has 166 valence electrons.